The fourth-order valence-electron chi connectivity index (χ4n) is 3.34. The van der Waals surface area contributed by atoms with Crippen molar-refractivity contribution in [3.8, 4) is 0 Å². The van der Waals surface area contributed by atoms with E-state index in [1.54, 1.807) is 0 Å². The van der Waals surface area contributed by atoms with Crippen molar-refractivity contribution in [1.29, 1.82) is 0 Å². The van der Waals surface area contributed by atoms with Crippen molar-refractivity contribution >= 4 is 11.8 Å². The Balaban J connectivity index is 1.73. The summed E-state index contributed by atoms with van der Waals surface area (Å²) >= 11 is 0. The van der Waals surface area contributed by atoms with Gasteiger partial charge in [0.05, 0.1) is 0 Å². The molecule has 1 saturated carbocycles. The molecule has 1 aliphatic heterocycles. The number of rotatable bonds is 5. The molecule has 21 heavy (non-hydrogen) atoms. The first kappa shape index (κ1) is 16.2. The monoisotopic (exact) mass is 297 g/mol. The molecule has 0 aromatic rings. The van der Waals surface area contributed by atoms with Crippen LogP contribution in [0.4, 0.5) is 0 Å². The van der Waals surface area contributed by atoms with Gasteiger partial charge < -0.3 is 20.7 Å². The minimum Gasteiger partial charge on any atom is -0.375 e. The van der Waals surface area contributed by atoms with E-state index in [1.165, 1.54) is 7.11 Å². The van der Waals surface area contributed by atoms with Crippen molar-refractivity contribution in [2.75, 3.05) is 26.8 Å². The van der Waals surface area contributed by atoms with Crippen LogP contribution in [0, 0.1) is 0 Å². The minimum absolute atomic E-state index is 0.0888. The van der Waals surface area contributed by atoms with Crippen LogP contribution in [0.15, 0.2) is 0 Å². The van der Waals surface area contributed by atoms with E-state index in [0.29, 0.717) is 19.5 Å². The largest absolute Gasteiger partial charge is 0.375 e. The molecule has 2 aliphatic rings. The smallest absolute Gasteiger partial charge is 0.246 e. The summed E-state index contributed by atoms with van der Waals surface area (Å²) in [5, 5.41) is 2.93. The molecule has 6 heteroatoms. The highest BCUT2D eigenvalue weighted by Gasteiger charge is 2.34. The highest BCUT2D eigenvalue weighted by atomic mass is 16.5. The van der Waals surface area contributed by atoms with Crippen molar-refractivity contribution < 1.29 is 14.3 Å². The van der Waals surface area contributed by atoms with Crippen molar-refractivity contribution in [3.63, 3.8) is 0 Å². The Morgan fingerprint density at radius 3 is 2.48 bits per heavy atom. The molecule has 0 radical (unpaired) electrons. The molecule has 6 nitrogen and oxygen atoms in total. The van der Waals surface area contributed by atoms with Gasteiger partial charge >= 0.3 is 0 Å². The third-order valence-electron chi connectivity index (χ3n) is 4.59. The van der Waals surface area contributed by atoms with Crippen molar-refractivity contribution in [2.45, 2.75) is 56.5 Å². The molecular weight excluding hydrogens is 270 g/mol. The Morgan fingerprint density at radius 2 is 1.90 bits per heavy atom. The summed E-state index contributed by atoms with van der Waals surface area (Å²) in [4.78, 5) is 25.7. The number of likely N-dealkylation sites (tertiary alicyclic amines) is 1. The summed E-state index contributed by atoms with van der Waals surface area (Å²) in [7, 11) is 1.51. The maximum absolute atomic E-state index is 12.3. The number of hydrogen-bond donors (Lipinski definition) is 2. The number of amides is 2. The Morgan fingerprint density at radius 1 is 1.29 bits per heavy atom. The van der Waals surface area contributed by atoms with Crippen molar-refractivity contribution in [2.24, 2.45) is 5.73 Å². The zero-order valence-electron chi connectivity index (χ0n) is 12.9. The SMILES string of the molecule is COCC(=O)NC1CCN(C(=O)CC2(N)CCCC2)CC1. The number of piperidine rings is 1. The Hall–Kier alpha value is -1.14. The summed E-state index contributed by atoms with van der Waals surface area (Å²) in [6.07, 6.45) is 6.27. The van der Waals surface area contributed by atoms with Crippen LogP contribution < -0.4 is 11.1 Å². The highest BCUT2D eigenvalue weighted by molar-refractivity contribution is 5.78. The predicted molar refractivity (Wildman–Crippen MR) is 79.6 cm³/mol. The Labute approximate surface area is 126 Å². The second-order valence-corrected chi connectivity index (χ2v) is 6.40. The number of carbonyl (C=O) groups is 2. The first-order valence-electron chi connectivity index (χ1n) is 7.87. The molecule has 0 unspecified atom stereocenters. The Bertz CT molecular complexity index is 372. The number of nitrogens with zero attached hydrogens (tertiary/aromatic N) is 1. The first-order valence-corrected chi connectivity index (χ1v) is 7.87. The molecule has 0 aromatic heterocycles. The van der Waals surface area contributed by atoms with Gasteiger partial charge in [-0.15, -0.1) is 0 Å². The molecular formula is C15H27N3O3. The molecule has 0 atom stereocenters. The van der Waals surface area contributed by atoms with Gasteiger partial charge in [-0.3, -0.25) is 9.59 Å². The summed E-state index contributed by atoms with van der Waals surface area (Å²) in [6, 6.07) is 0.148. The van der Waals surface area contributed by atoms with E-state index in [1.807, 2.05) is 4.90 Å². The van der Waals surface area contributed by atoms with Crippen LogP contribution in [-0.4, -0.2) is 55.1 Å². The average Bonchev–Trinajstić information content (AvgIpc) is 2.86. The standard InChI is InChI=1S/C15H27N3O3/c1-21-11-13(19)17-12-4-8-18(9-5-12)14(20)10-15(16)6-2-3-7-15/h12H,2-11,16H2,1H3,(H,17,19). The lowest BCUT2D eigenvalue weighted by Gasteiger charge is -2.34. The van der Waals surface area contributed by atoms with Gasteiger partial charge in [-0.25, -0.2) is 0 Å². The summed E-state index contributed by atoms with van der Waals surface area (Å²) < 4.78 is 4.80. The Kier molecular flexibility index (Phi) is 5.58. The van der Waals surface area contributed by atoms with Gasteiger partial charge in [-0.1, -0.05) is 12.8 Å². The summed E-state index contributed by atoms with van der Waals surface area (Å²) in [5.74, 6) is 0.0789. The van der Waals surface area contributed by atoms with Gasteiger partial charge in [-0.05, 0) is 25.7 Å². The molecule has 1 saturated heterocycles. The van der Waals surface area contributed by atoms with Crippen molar-refractivity contribution in [1.82, 2.24) is 10.2 Å². The van der Waals surface area contributed by atoms with Gasteiger partial charge in [0, 0.05) is 38.2 Å². The van der Waals surface area contributed by atoms with E-state index in [4.69, 9.17) is 10.5 Å². The van der Waals surface area contributed by atoms with Gasteiger partial charge in [0.15, 0.2) is 0 Å². The highest BCUT2D eigenvalue weighted by Crippen LogP contribution is 2.30. The van der Waals surface area contributed by atoms with Crippen molar-refractivity contribution in [3.05, 3.63) is 0 Å². The third-order valence-corrected chi connectivity index (χ3v) is 4.59. The van der Waals surface area contributed by atoms with Gasteiger partial charge in [0.1, 0.15) is 6.61 Å². The first-order chi connectivity index (χ1) is 10.0. The average molecular weight is 297 g/mol. The molecule has 1 heterocycles. The topological polar surface area (TPSA) is 84.7 Å². The fraction of sp³-hybridized carbons (Fsp3) is 0.867. The number of ether oxygens (including phenoxy) is 1. The van der Waals surface area contributed by atoms with Crippen LogP contribution >= 0.6 is 0 Å². The van der Waals surface area contributed by atoms with Gasteiger partial charge in [-0.2, -0.15) is 0 Å². The lowest BCUT2D eigenvalue weighted by atomic mass is 9.93. The molecule has 2 rings (SSSR count). The normalized spacial score (nSPS) is 22.3. The zero-order valence-corrected chi connectivity index (χ0v) is 12.9. The number of carbonyl (C=O) groups excluding carboxylic acids is 2. The number of nitrogens with two attached hydrogens (primary N) is 1. The van der Waals surface area contributed by atoms with Crippen LogP contribution in [0.1, 0.15) is 44.9 Å². The molecule has 3 N–H and O–H groups in total. The number of hydrogen-bond acceptors (Lipinski definition) is 4. The second kappa shape index (κ2) is 7.22. The third kappa shape index (κ3) is 4.68. The maximum Gasteiger partial charge on any atom is 0.246 e. The molecule has 2 fully saturated rings. The summed E-state index contributed by atoms with van der Waals surface area (Å²) in [6.45, 7) is 1.49. The minimum atomic E-state index is -0.277. The van der Waals surface area contributed by atoms with E-state index in [0.717, 1.165) is 38.5 Å². The van der Waals surface area contributed by atoms with Crippen LogP contribution in [0.25, 0.3) is 0 Å². The van der Waals surface area contributed by atoms with E-state index in [-0.39, 0.29) is 30.0 Å². The molecule has 0 aromatic carbocycles. The molecule has 120 valence electrons. The quantitative estimate of drug-likeness (QED) is 0.769. The van der Waals surface area contributed by atoms with Crippen LogP contribution in [0.2, 0.25) is 0 Å². The van der Waals surface area contributed by atoms with Crippen LogP contribution in [0.3, 0.4) is 0 Å². The van der Waals surface area contributed by atoms with Crippen LogP contribution in [-0.2, 0) is 14.3 Å². The molecule has 0 bridgehead atoms. The van der Waals surface area contributed by atoms with E-state index in [2.05, 4.69) is 5.32 Å². The lowest BCUT2D eigenvalue weighted by molar-refractivity contribution is -0.133. The summed E-state index contributed by atoms with van der Waals surface area (Å²) in [5.41, 5.74) is 6.00. The maximum atomic E-state index is 12.3. The van der Waals surface area contributed by atoms with E-state index >= 15 is 0 Å². The van der Waals surface area contributed by atoms with Gasteiger partial charge in [0.2, 0.25) is 11.8 Å². The number of nitrogens with one attached hydrogen (secondary N) is 1. The zero-order chi connectivity index (χ0) is 15.3. The second-order valence-electron chi connectivity index (χ2n) is 6.40. The lowest BCUT2D eigenvalue weighted by Crippen LogP contribution is -2.49. The van der Waals surface area contributed by atoms with E-state index < -0.39 is 0 Å². The van der Waals surface area contributed by atoms with Crippen LogP contribution in [0.5, 0.6) is 0 Å². The fourth-order valence-corrected chi connectivity index (χ4v) is 3.34. The number of methoxy groups -OCH3 is 1. The molecule has 1 aliphatic carbocycles. The van der Waals surface area contributed by atoms with E-state index in [9.17, 15) is 9.59 Å². The molecule has 0 spiro atoms. The molecule has 2 amide bonds. The predicted octanol–water partition coefficient (Wildman–Crippen LogP) is 0.402. The van der Waals surface area contributed by atoms with Gasteiger partial charge in [0.25, 0.3) is 0 Å².